The number of benzene rings is 1. The summed E-state index contributed by atoms with van der Waals surface area (Å²) in [5, 5.41) is 0. The lowest BCUT2D eigenvalue weighted by atomic mass is 10.1. The van der Waals surface area contributed by atoms with Gasteiger partial charge in [-0.25, -0.2) is 0 Å². The van der Waals surface area contributed by atoms with Crippen LogP contribution in [0.2, 0.25) is 0 Å². The summed E-state index contributed by atoms with van der Waals surface area (Å²) in [7, 11) is 1.75. The van der Waals surface area contributed by atoms with Gasteiger partial charge in [-0.1, -0.05) is 6.07 Å². The highest BCUT2D eigenvalue weighted by molar-refractivity contribution is 5.94. The van der Waals surface area contributed by atoms with Crippen LogP contribution in [0.25, 0.3) is 0 Å². The molecule has 116 valence electrons. The average molecular weight is 301 g/mol. The number of hydrazine groups is 1. The number of hydrogen-bond donors (Lipinski definition) is 2. The SMILES string of the molecule is Cc1cc(C)cc(OCC(=O)NNC(=O)c2cccn2C)c1. The fourth-order valence-electron chi connectivity index (χ4n) is 2.09. The Kier molecular flexibility index (Phi) is 4.83. The molecule has 1 aromatic heterocycles. The van der Waals surface area contributed by atoms with Crippen LogP contribution in [0.3, 0.4) is 0 Å². The molecule has 6 nitrogen and oxygen atoms in total. The number of amides is 2. The lowest BCUT2D eigenvalue weighted by Gasteiger charge is -2.10. The van der Waals surface area contributed by atoms with Crippen LogP contribution in [0, 0.1) is 13.8 Å². The third-order valence-electron chi connectivity index (χ3n) is 3.06. The van der Waals surface area contributed by atoms with Gasteiger partial charge in [0.05, 0.1) is 0 Å². The fourth-order valence-corrected chi connectivity index (χ4v) is 2.09. The fraction of sp³-hybridized carbons (Fsp3) is 0.250. The maximum absolute atomic E-state index is 11.8. The van der Waals surface area contributed by atoms with E-state index in [1.165, 1.54) is 0 Å². The second-order valence-electron chi connectivity index (χ2n) is 5.12. The largest absolute Gasteiger partial charge is 0.484 e. The first kappa shape index (κ1) is 15.6. The van der Waals surface area contributed by atoms with E-state index in [1.54, 1.807) is 29.9 Å². The van der Waals surface area contributed by atoms with Gasteiger partial charge in [0.1, 0.15) is 11.4 Å². The van der Waals surface area contributed by atoms with Gasteiger partial charge in [-0.2, -0.15) is 0 Å². The Labute approximate surface area is 129 Å². The van der Waals surface area contributed by atoms with Crippen molar-refractivity contribution in [3.05, 3.63) is 53.3 Å². The monoisotopic (exact) mass is 301 g/mol. The zero-order valence-corrected chi connectivity index (χ0v) is 12.8. The maximum atomic E-state index is 11.8. The molecule has 0 saturated heterocycles. The van der Waals surface area contributed by atoms with Crippen LogP contribution < -0.4 is 15.6 Å². The van der Waals surface area contributed by atoms with E-state index in [2.05, 4.69) is 10.9 Å². The first-order valence-corrected chi connectivity index (χ1v) is 6.87. The highest BCUT2D eigenvalue weighted by Crippen LogP contribution is 2.15. The minimum absolute atomic E-state index is 0.170. The molecule has 0 spiro atoms. The summed E-state index contributed by atoms with van der Waals surface area (Å²) in [5.41, 5.74) is 7.25. The molecule has 0 bridgehead atoms. The zero-order chi connectivity index (χ0) is 16.1. The van der Waals surface area contributed by atoms with Gasteiger partial charge in [0.2, 0.25) is 0 Å². The first-order valence-electron chi connectivity index (χ1n) is 6.87. The van der Waals surface area contributed by atoms with Crippen LogP contribution in [-0.2, 0) is 11.8 Å². The Balaban J connectivity index is 1.81. The molecule has 6 heteroatoms. The predicted octanol–water partition coefficient (Wildman–Crippen LogP) is 1.48. The van der Waals surface area contributed by atoms with E-state index in [1.807, 2.05) is 32.0 Å². The van der Waals surface area contributed by atoms with Crippen LogP contribution in [0.1, 0.15) is 21.6 Å². The van der Waals surface area contributed by atoms with Crippen molar-refractivity contribution >= 4 is 11.8 Å². The van der Waals surface area contributed by atoms with E-state index in [9.17, 15) is 9.59 Å². The molecule has 0 aliphatic heterocycles. The molecule has 0 saturated carbocycles. The topological polar surface area (TPSA) is 72.4 Å². The Bertz CT molecular complexity index is 671. The standard InChI is InChI=1S/C16H19N3O3/c1-11-7-12(2)9-13(8-11)22-10-15(20)17-18-16(21)14-5-4-6-19(14)3/h4-9H,10H2,1-3H3,(H,17,20)(H,18,21). The van der Waals surface area contributed by atoms with E-state index in [0.29, 0.717) is 11.4 Å². The molecule has 0 aliphatic carbocycles. The Hall–Kier alpha value is -2.76. The number of aromatic nitrogens is 1. The number of carbonyl (C=O) groups excluding carboxylic acids is 2. The highest BCUT2D eigenvalue weighted by atomic mass is 16.5. The summed E-state index contributed by atoms with van der Waals surface area (Å²) in [6, 6.07) is 9.13. The minimum atomic E-state index is -0.429. The number of hydrogen-bond acceptors (Lipinski definition) is 3. The molecule has 0 unspecified atom stereocenters. The zero-order valence-electron chi connectivity index (χ0n) is 12.8. The number of ether oxygens (including phenoxy) is 1. The van der Waals surface area contributed by atoms with Crippen molar-refractivity contribution in [2.45, 2.75) is 13.8 Å². The number of nitrogens with one attached hydrogen (secondary N) is 2. The van der Waals surface area contributed by atoms with Crippen LogP contribution in [-0.4, -0.2) is 23.0 Å². The molecular formula is C16H19N3O3. The number of rotatable bonds is 4. The van der Waals surface area contributed by atoms with Crippen LogP contribution in [0.5, 0.6) is 5.75 Å². The van der Waals surface area contributed by atoms with Gasteiger partial charge in [0.15, 0.2) is 6.61 Å². The molecule has 2 rings (SSSR count). The predicted molar refractivity (Wildman–Crippen MR) is 82.4 cm³/mol. The van der Waals surface area contributed by atoms with Crippen molar-refractivity contribution in [1.29, 1.82) is 0 Å². The molecular weight excluding hydrogens is 282 g/mol. The van der Waals surface area contributed by atoms with Gasteiger partial charge in [-0.15, -0.1) is 0 Å². The van der Waals surface area contributed by atoms with E-state index < -0.39 is 5.91 Å². The quantitative estimate of drug-likeness (QED) is 0.840. The van der Waals surface area contributed by atoms with Crippen molar-refractivity contribution in [2.75, 3.05) is 6.61 Å². The van der Waals surface area contributed by atoms with Crippen molar-refractivity contribution in [2.24, 2.45) is 7.05 Å². The summed E-state index contributed by atoms with van der Waals surface area (Å²) in [4.78, 5) is 23.5. The second kappa shape index (κ2) is 6.80. The highest BCUT2D eigenvalue weighted by Gasteiger charge is 2.10. The van der Waals surface area contributed by atoms with Gasteiger partial charge in [-0.3, -0.25) is 20.4 Å². The van der Waals surface area contributed by atoms with Gasteiger partial charge in [0, 0.05) is 13.2 Å². The van der Waals surface area contributed by atoms with Crippen LogP contribution in [0.4, 0.5) is 0 Å². The molecule has 0 fully saturated rings. The maximum Gasteiger partial charge on any atom is 0.286 e. The number of nitrogens with zero attached hydrogens (tertiary/aromatic N) is 1. The summed E-state index contributed by atoms with van der Waals surface area (Å²) in [6.07, 6.45) is 1.75. The Morgan fingerprint density at radius 3 is 2.41 bits per heavy atom. The van der Waals surface area contributed by atoms with Crippen molar-refractivity contribution in [3.63, 3.8) is 0 Å². The summed E-state index contributed by atoms with van der Waals surface area (Å²) < 4.78 is 7.07. The lowest BCUT2D eigenvalue weighted by molar-refractivity contribution is -0.123. The molecule has 2 N–H and O–H groups in total. The molecule has 0 radical (unpaired) electrons. The summed E-state index contributed by atoms with van der Waals surface area (Å²) in [5.74, 6) is -0.185. The van der Waals surface area contributed by atoms with E-state index in [4.69, 9.17) is 4.74 Å². The molecule has 0 atom stereocenters. The number of aryl methyl sites for hydroxylation is 3. The Morgan fingerprint density at radius 2 is 1.82 bits per heavy atom. The lowest BCUT2D eigenvalue weighted by Crippen LogP contribution is -2.44. The van der Waals surface area contributed by atoms with Gasteiger partial charge >= 0.3 is 0 Å². The molecule has 0 aliphatic rings. The minimum Gasteiger partial charge on any atom is -0.484 e. The van der Waals surface area contributed by atoms with E-state index >= 15 is 0 Å². The normalized spacial score (nSPS) is 10.1. The molecule has 22 heavy (non-hydrogen) atoms. The van der Waals surface area contributed by atoms with Crippen LogP contribution >= 0.6 is 0 Å². The molecule has 1 aromatic carbocycles. The second-order valence-corrected chi connectivity index (χ2v) is 5.12. The smallest absolute Gasteiger partial charge is 0.286 e. The molecule has 1 heterocycles. The van der Waals surface area contributed by atoms with Crippen molar-refractivity contribution in [3.8, 4) is 5.75 Å². The van der Waals surface area contributed by atoms with Gasteiger partial charge in [-0.05, 0) is 49.2 Å². The van der Waals surface area contributed by atoms with E-state index in [-0.39, 0.29) is 12.5 Å². The van der Waals surface area contributed by atoms with E-state index in [0.717, 1.165) is 11.1 Å². The van der Waals surface area contributed by atoms with Gasteiger partial charge in [0.25, 0.3) is 11.8 Å². The average Bonchev–Trinajstić information content (AvgIpc) is 2.88. The van der Waals surface area contributed by atoms with Crippen LogP contribution in [0.15, 0.2) is 36.5 Å². The molecule has 2 amide bonds. The first-order chi connectivity index (χ1) is 10.5. The Morgan fingerprint density at radius 1 is 1.14 bits per heavy atom. The van der Waals surface area contributed by atoms with Crippen molar-refractivity contribution in [1.82, 2.24) is 15.4 Å². The number of carbonyl (C=O) groups is 2. The molecule has 2 aromatic rings. The summed E-state index contributed by atoms with van der Waals surface area (Å²) >= 11 is 0. The third-order valence-corrected chi connectivity index (χ3v) is 3.06. The van der Waals surface area contributed by atoms with Crippen molar-refractivity contribution < 1.29 is 14.3 Å². The summed E-state index contributed by atoms with van der Waals surface area (Å²) in [6.45, 7) is 3.75. The van der Waals surface area contributed by atoms with Gasteiger partial charge < -0.3 is 9.30 Å². The third kappa shape index (κ3) is 4.12.